The quantitative estimate of drug-likeness (QED) is 0.155. The highest BCUT2D eigenvalue weighted by atomic mass is 15.1. The molecular formula is C73H51N. The molecule has 0 atom stereocenters. The third-order valence-corrected chi connectivity index (χ3v) is 17.8. The number of nitrogens with zero attached hydrogens (tertiary/aromatic N) is 1. The highest BCUT2D eigenvalue weighted by Gasteiger charge is 2.52. The van der Waals surface area contributed by atoms with Crippen molar-refractivity contribution in [1.82, 2.24) is 0 Å². The number of hydrogen-bond acceptors (Lipinski definition) is 1. The van der Waals surface area contributed by atoms with E-state index in [0.29, 0.717) is 0 Å². The molecule has 12 aromatic rings. The minimum atomic E-state index is -0.520. The van der Waals surface area contributed by atoms with Gasteiger partial charge in [-0.3, -0.25) is 0 Å². The lowest BCUT2D eigenvalue weighted by Gasteiger charge is -2.37. The van der Waals surface area contributed by atoms with Gasteiger partial charge in [-0.05, 0) is 171 Å². The van der Waals surface area contributed by atoms with E-state index in [-0.39, 0.29) is 5.41 Å². The van der Waals surface area contributed by atoms with Gasteiger partial charge in [0.15, 0.2) is 0 Å². The van der Waals surface area contributed by atoms with E-state index >= 15 is 0 Å². The largest absolute Gasteiger partial charge is 0.310 e. The van der Waals surface area contributed by atoms with Gasteiger partial charge in [-0.1, -0.05) is 226 Å². The van der Waals surface area contributed by atoms with Gasteiger partial charge in [-0.25, -0.2) is 0 Å². The molecule has 12 aromatic carbocycles. The molecule has 0 heterocycles. The lowest BCUT2D eigenvalue weighted by atomic mass is 9.68. The Morgan fingerprint density at radius 2 is 0.730 bits per heavy atom. The Morgan fingerprint density at radius 3 is 1.38 bits per heavy atom. The summed E-state index contributed by atoms with van der Waals surface area (Å²) < 4.78 is 0. The lowest BCUT2D eigenvalue weighted by Crippen LogP contribution is -2.28. The Bertz CT molecular complexity index is 4220. The van der Waals surface area contributed by atoms with Crippen LogP contribution in [0.3, 0.4) is 0 Å². The summed E-state index contributed by atoms with van der Waals surface area (Å²) in [4.78, 5) is 2.65. The van der Waals surface area contributed by atoms with Crippen LogP contribution in [0.1, 0.15) is 65.5 Å². The highest BCUT2D eigenvalue weighted by molar-refractivity contribution is 6.26. The second kappa shape index (κ2) is 15.9. The fourth-order valence-electron chi connectivity index (χ4n) is 14.8. The minimum absolute atomic E-state index is 0.0158. The summed E-state index contributed by atoms with van der Waals surface area (Å²) in [6.07, 6.45) is 6.12. The number of fused-ring (bicyclic) bond motifs is 21. The Hall–Kier alpha value is -8.78. The molecule has 348 valence electrons. The van der Waals surface area contributed by atoms with E-state index < -0.39 is 5.41 Å². The van der Waals surface area contributed by atoms with Crippen molar-refractivity contribution >= 4 is 49.4 Å². The van der Waals surface area contributed by atoms with Gasteiger partial charge in [0.2, 0.25) is 0 Å². The normalized spacial score (nSPS) is 15.0. The van der Waals surface area contributed by atoms with Crippen LogP contribution in [0.15, 0.2) is 249 Å². The van der Waals surface area contributed by atoms with Crippen molar-refractivity contribution in [2.75, 3.05) is 4.90 Å². The molecule has 0 bridgehead atoms. The van der Waals surface area contributed by atoms with Crippen LogP contribution in [0.2, 0.25) is 0 Å². The molecule has 2 spiro atoms. The van der Waals surface area contributed by atoms with E-state index in [9.17, 15) is 0 Å². The van der Waals surface area contributed by atoms with Crippen LogP contribution in [0, 0.1) is 0 Å². The van der Waals surface area contributed by atoms with Crippen LogP contribution in [-0.2, 0) is 10.8 Å². The van der Waals surface area contributed by atoms with Gasteiger partial charge in [-0.15, -0.1) is 0 Å². The molecule has 1 nitrogen and oxygen atoms in total. The van der Waals surface area contributed by atoms with Crippen LogP contribution in [0.25, 0.3) is 88.0 Å². The smallest absolute Gasteiger partial charge is 0.0726 e. The third-order valence-electron chi connectivity index (χ3n) is 17.8. The zero-order valence-corrected chi connectivity index (χ0v) is 41.2. The molecule has 4 aliphatic rings. The van der Waals surface area contributed by atoms with Crippen molar-refractivity contribution in [2.24, 2.45) is 0 Å². The predicted octanol–water partition coefficient (Wildman–Crippen LogP) is 19.5. The first-order valence-electron chi connectivity index (χ1n) is 26.7. The third kappa shape index (κ3) is 5.70. The summed E-state index contributed by atoms with van der Waals surface area (Å²) in [5.41, 5.74) is 24.1. The fourth-order valence-corrected chi connectivity index (χ4v) is 14.8. The molecule has 0 amide bonds. The van der Waals surface area contributed by atoms with Crippen molar-refractivity contribution in [2.45, 2.75) is 42.9 Å². The molecule has 4 aliphatic carbocycles. The number of hydrogen-bond donors (Lipinski definition) is 0. The molecule has 1 saturated carbocycles. The summed E-state index contributed by atoms with van der Waals surface area (Å²) in [5, 5.41) is 7.65. The number of rotatable bonds is 5. The van der Waals surface area contributed by atoms with E-state index in [1.807, 2.05) is 0 Å². The maximum Gasteiger partial charge on any atom is 0.0726 e. The minimum Gasteiger partial charge on any atom is -0.310 e. The summed E-state index contributed by atoms with van der Waals surface area (Å²) in [6.45, 7) is 0. The standard InChI is InChI=1S/C73H51N/c1-3-20-47(21-4-1)48-22-19-23-49(42-48)62-45-64-60-31-12-16-35-68(60)73(66-33-14-10-29-58(66)59-30-11-15-34-67(59)73)70(64)46-71(62)74(50-36-38-56-54-26-6-5-24-52(54)53-25-7-8-27-55(53)63(56)43-50)51-37-39-61-57-28-9-13-32-65(57)72(69(61)44-51)40-17-2-18-41-72/h1,3-16,19-39,42-46H,2,17-18,40-41H2. The van der Waals surface area contributed by atoms with Gasteiger partial charge in [0.05, 0.1) is 11.1 Å². The van der Waals surface area contributed by atoms with Crippen LogP contribution < -0.4 is 4.90 Å². The molecule has 0 unspecified atom stereocenters. The molecule has 0 aromatic heterocycles. The molecule has 0 saturated heterocycles. The molecule has 1 heteroatoms. The van der Waals surface area contributed by atoms with Crippen molar-refractivity contribution < 1.29 is 0 Å². The molecule has 1 fully saturated rings. The van der Waals surface area contributed by atoms with Gasteiger partial charge < -0.3 is 4.90 Å². The van der Waals surface area contributed by atoms with E-state index in [0.717, 1.165) is 5.69 Å². The van der Waals surface area contributed by atoms with Crippen LogP contribution in [0.4, 0.5) is 17.1 Å². The lowest BCUT2D eigenvalue weighted by molar-refractivity contribution is 0.353. The highest BCUT2D eigenvalue weighted by Crippen LogP contribution is 2.65. The second-order valence-corrected chi connectivity index (χ2v) is 21.3. The van der Waals surface area contributed by atoms with Crippen molar-refractivity contribution in [3.63, 3.8) is 0 Å². The van der Waals surface area contributed by atoms with E-state index in [4.69, 9.17) is 0 Å². The van der Waals surface area contributed by atoms with E-state index in [1.165, 1.54) is 165 Å². The van der Waals surface area contributed by atoms with Gasteiger partial charge in [-0.2, -0.15) is 0 Å². The predicted molar refractivity (Wildman–Crippen MR) is 310 cm³/mol. The van der Waals surface area contributed by atoms with Crippen molar-refractivity contribution in [3.05, 3.63) is 282 Å². The average Bonchev–Trinajstić information content (AvgIpc) is 4.10. The molecular weight excluding hydrogens is 891 g/mol. The monoisotopic (exact) mass is 941 g/mol. The van der Waals surface area contributed by atoms with Crippen LogP contribution >= 0.6 is 0 Å². The maximum atomic E-state index is 2.65. The Labute approximate surface area is 432 Å². The molecule has 0 N–H and O–H groups in total. The Balaban J connectivity index is 1.04. The van der Waals surface area contributed by atoms with Gasteiger partial charge >= 0.3 is 0 Å². The first kappa shape index (κ1) is 41.8. The first-order chi connectivity index (χ1) is 36.7. The SMILES string of the molecule is c1ccc(-c2cccc(-c3cc4c(cc3N(c3ccc5c(c3)C3(CCCCC3)c3ccccc3-5)c3ccc5c6ccccc6c6ccccc6c5c3)C3(c5ccccc5-c5ccccc53)c3ccccc3-4)c2)cc1. The first-order valence-corrected chi connectivity index (χ1v) is 26.7. The average molecular weight is 942 g/mol. The van der Waals surface area contributed by atoms with E-state index in [1.54, 1.807) is 0 Å². The number of benzene rings is 12. The van der Waals surface area contributed by atoms with Crippen LogP contribution in [-0.4, -0.2) is 0 Å². The molecule has 0 radical (unpaired) electrons. The Morgan fingerprint density at radius 1 is 0.257 bits per heavy atom. The molecule has 74 heavy (non-hydrogen) atoms. The summed E-state index contributed by atoms with van der Waals surface area (Å²) in [7, 11) is 0. The zero-order chi connectivity index (χ0) is 48.5. The second-order valence-electron chi connectivity index (χ2n) is 21.3. The van der Waals surface area contributed by atoms with Crippen molar-refractivity contribution in [3.8, 4) is 55.6 Å². The summed E-state index contributed by atoms with van der Waals surface area (Å²) >= 11 is 0. The van der Waals surface area contributed by atoms with Gasteiger partial charge in [0.1, 0.15) is 0 Å². The zero-order valence-electron chi connectivity index (χ0n) is 41.2. The van der Waals surface area contributed by atoms with E-state index in [2.05, 4.69) is 254 Å². The van der Waals surface area contributed by atoms with Gasteiger partial charge in [0, 0.05) is 22.4 Å². The molecule has 16 rings (SSSR count). The fraction of sp³-hybridized carbons (Fsp3) is 0.0959. The summed E-state index contributed by atoms with van der Waals surface area (Å²) in [5.74, 6) is 0. The van der Waals surface area contributed by atoms with Gasteiger partial charge in [0.25, 0.3) is 0 Å². The topological polar surface area (TPSA) is 3.24 Å². The molecule has 0 aliphatic heterocycles. The van der Waals surface area contributed by atoms with Crippen molar-refractivity contribution in [1.29, 1.82) is 0 Å². The summed E-state index contributed by atoms with van der Waals surface area (Å²) in [6, 6.07) is 95.1. The maximum absolute atomic E-state index is 2.65. The Kier molecular flexibility index (Phi) is 8.96. The van der Waals surface area contributed by atoms with Crippen LogP contribution in [0.5, 0.6) is 0 Å². The number of anilines is 3.